The van der Waals surface area contributed by atoms with Crippen molar-refractivity contribution < 1.29 is 10.2 Å². The number of hydrogen-bond acceptors (Lipinski definition) is 4. The van der Waals surface area contributed by atoms with Crippen LogP contribution in [-0.2, 0) is 25.9 Å². The van der Waals surface area contributed by atoms with Gasteiger partial charge >= 0.3 is 0 Å². The maximum atomic E-state index is 11.0. The number of nitrogens with zero attached hydrogens (tertiary/aromatic N) is 2. The first-order valence-electron chi connectivity index (χ1n) is 9.48. The van der Waals surface area contributed by atoms with Gasteiger partial charge in [0.15, 0.2) is 0 Å². The van der Waals surface area contributed by atoms with Crippen LogP contribution in [0, 0.1) is 0 Å². The highest BCUT2D eigenvalue weighted by Gasteiger charge is 2.16. The fourth-order valence-corrected chi connectivity index (χ4v) is 3.41. The van der Waals surface area contributed by atoms with Gasteiger partial charge in [-0.25, -0.2) is 0 Å². The quantitative estimate of drug-likeness (QED) is 0.635. The summed E-state index contributed by atoms with van der Waals surface area (Å²) in [4.78, 5) is 4.05. The van der Waals surface area contributed by atoms with E-state index in [1.54, 1.807) is 6.08 Å². The third-order valence-corrected chi connectivity index (χ3v) is 4.54. The van der Waals surface area contributed by atoms with Gasteiger partial charge in [0.1, 0.15) is 11.5 Å². The molecule has 4 heteroatoms. The highest BCUT2D eigenvalue weighted by Crippen LogP contribution is 2.38. The first kappa shape index (κ1) is 21.7. The van der Waals surface area contributed by atoms with Gasteiger partial charge in [-0.05, 0) is 75.9 Å². The topological polar surface area (TPSA) is 46.9 Å². The Hall–Kier alpha value is -2.56. The normalized spacial score (nSPS) is 11.2. The van der Waals surface area contributed by atoms with Crippen LogP contribution in [0.2, 0.25) is 0 Å². The number of hydrogen-bond donors (Lipinski definition) is 2. The van der Waals surface area contributed by atoms with Crippen molar-refractivity contribution >= 4 is 0 Å². The van der Waals surface area contributed by atoms with Gasteiger partial charge in [0, 0.05) is 29.8 Å². The van der Waals surface area contributed by atoms with Crippen LogP contribution in [0.4, 0.5) is 0 Å². The zero-order valence-electron chi connectivity index (χ0n) is 17.5. The molecule has 0 fully saturated rings. The summed E-state index contributed by atoms with van der Waals surface area (Å²) in [5.41, 5.74) is 5.31. The number of benzene rings is 2. The molecule has 0 heterocycles. The summed E-state index contributed by atoms with van der Waals surface area (Å²) in [6.07, 6.45) is 4.95. The molecule has 2 rings (SSSR count). The predicted octanol–water partition coefficient (Wildman–Crippen LogP) is 4.35. The minimum atomic E-state index is 0.285. The SMILES string of the molecule is C=CCc1cc(CN(C)C)c(O)c(-c2cc(CC=C)c(O)c(CN(C)C)c2)c1. The second-order valence-electron chi connectivity index (χ2n) is 7.76. The molecule has 0 saturated heterocycles. The number of phenolic OH excluding ortho intramolecular Hbond substituents is 2. The van der Waals surface area contributed by atoms with E-state index in [0.717, 1.165) is 39.8 Å². The lowest BCUT2D eigenvalue weighted by Crippen LogP contribution is -2.12. The average Bonchev–Trinajstić information content (AvgIpc) is 2.60. The van der Waals surface area contributed by atoms with Gasteiger partial charge in [0.05, 0.1) is 0 Å². The zero-order chi connectivity index (χ0) is 20.8. The molecule has 0 radical (unpaired) electrons. The molecule has 2 N–H and O–H groups in total. The lowest BCUT2D eigenvalue weighted by molar-refractivity contribution is 0.384. The minimum Gasteiger partial charge on any atom is -0.507 e. The zero-order valence-corrected chi connectivity index (χ0v) is 17.5. The van der Waals surface area contributed by atoms with E-state index >= 15 is 0 Å². The summed E-state index contributed by atoms with van der Waals surface area (Å²) >= 11 is 0. The minimum absolute atomic E-state index is 0.285. The summed E-state index contributed by atoms with van der Waals surface area (Å²) in [6.45, 7) is 8.91. The second kappa shape index (κ2) is 9.58. The van der Waals surface area contributed by atoms with E-state index in [9.17, 15) is 10.2 Å². The molecule has 0 atom stereocenters. The lowest BCUT2D eigenvalue weighted by Gasteiger charge is -2.19. The Kier molecular flexibility index (Phi) is 7.44. The Balaban J connectivity index is 2.70. The van der Waals surface area contributed by atoms with Crippen LogP contribution in [0.5, 0.6) is 11.5 Å². The molecule has 0 spiro atoms. The van der Waals surface area contributed by atoms with E-state index in [1.807, 2.05) is 68.3 Å². The fraction of sp³-hybridized carbons (Fsp3) is 0.333. The smallest absolute Gasteiger partial charge is 0.127 e. The number of rotatable bonds is 9. The van der Waals surface area contributed by atoms with Crippen molar-refractivity contribution in [3.63, 3.8) is 0 Å². The molecule has 0 saturated carbocycles. The van der Waals surface area contributed by atoms with Gasteiger partial charge in [0.2, 0.25) is 0 Å². The summed E-state index contributed by atoms with van der Waals surface area (Å²) in [7, 11) is 7.90. The monoisotopic (exact) mass is 380 g/mol. The van der Waals surface area contributed by atoms with Crippen molar-refractivity contribution in [2.24, 2.45) is 0 Å². The van der Waals surface area contributed by atoms with E-state index in [0.29, 0.717) is 25.3 Å². The molecular weight excluding hydrogens is 348 g/mol. The van der Waals surface area contributed by atoms with Crippen molar-refractivity contribution in [1.82, 2.24) is 9.80 Å². The highest BCUT2D eigenvalue weighted by atomic mass is 16.3. The maximum absolute atomic E-state index is 11.0. The van der Waals surface area contributed by atoms with Gasteiger partial charge in [0.25, 0.3) is 0 Å². The largest absolute Gasteiger partial charge is 0.507 e. The number of allylic oxidation sites excluding steroid dienone is 2. The van der Waals surface area contributed by atoms with Gasteiger partial charge in [-0.15, -0.1) is 13.2 Å². The summed E-state index contributed by atoms with van der Waals surface area (Å²) < 4.78 is 0. The molecule has 4 nitrogen and oxygen atoms in total. The van der Waals surface area contributed by atoms with E-state index in [-0.39, 0.29) is 5.75 Å². The van der Waals surface area contributed by atoms with Crippen molar-refractivity contribution in [3.8, 4) is 22.6 Å². The number of aromatic hydroxyl groups is 2. The van der Waals surface area contributed by atoms with E-state index in [2.05, 4.69) is 13.2 Å². The predicted molar refractivity (Wildman–Crippen MR) is 118 cm³/mol. The highest BCUT2D eigenvalue weighted by molar-refractivity contribution is 5.75. The van der Waals surface area contributed by atoms with Crippen molar-refractivity contribution in [2.75, 3.05) is 28.2 Å². The van der Waals surface area contributed by atoms with Crippen molar-refractivity contribution in [3.05, 3.63) is 71.8 Å². The van der Waals surface area contributed by atoms with Crippen LogP contribution in [0.15, 0.2) is 49.6 Å². The molecule has 0 amide bonds. The van der Waals surface area contributed by atoms with Crippen LogP contribution in [-0.4, -0.2) is 48.2 Å². The molecule has 0 unspecified atom stereocenters. The van der Waals surface area contributed by atoms with Crippen LogP contribution in [0.1, 0.15) is 22.3 Å². The van der Waals surface area contributed by atoms with Gasteiger partial charge in [-0.1, -0.05) is 18.2 Å². The molecule has 0 aliphatic heterocycles. The Bertz CT molecular complexity index is 854. The standard InChI is InChI=1S/C24H32N2O2/c1-7-9-17-11-20(15-25(3)4)24(28)22(12-17)19-13-18(10-8-2)23(27)21(14-19)16-26(5)6/h7-8,11-14,27-28H,1-2,9-10,15-16H2,3-6H3. The second-order valence-corrected chi connectivity index (χ2v) is 7.76. The third-order valence-electron chi connectivity index (χ3n) is 4.54. The molecule has 0 aliphatic rings. The summed E-state index contributed by atoms with van der Waals surface area (Å²) in [5, 5.41) is 21.7. The van der Waals surface area contributed by atoms with Crippen LogP contribution in [0.25, 0.3) is 11.1 Å². The molecule has 150 valence electrons. The van der Waals surface area contributed by atoms with Crippen LogP contribution < -0.4 is 0 Å². The van der Waals surface area contributed by atoms with Crippen LogP contribution >= 0.6 is 0 Å². The Morgan fingerprint density at radius 3 is 1.82 bits per heavy atom. The Morgan fingerprint density at radius 2 is 1.29 bits per heavy atom. The van der Waals surface area contributed by atoms with E-state index < -0.39 is 0 Å². The van der Waals surface area contributed by atoms with Gasteiger partial charge in [-0.2, -0.15) is 0 Å². The van der Waals surface area contributed by atoms with Gasteiger partial charge in [-0.3, -0.25) is 0 Å². The van der Waals surface area contributed by atoms with E-state index in [1.165, 1.54) is 0 Å². The van der Waals surface area contributed by atoms with Crippen molar-refractivity contribution in [2.45, 2.75) is 25.9 Å². The first-order chi connectivity index (χ1) is 13.3. The number of phenols is 2. The maximum Gasteiger partial charge on any atom is 0.127 e. The molecule has 0 bridgehead atoms. The molecule has 28 heavy (non-hydrogen) atoms. The molecule has 0 aliphatic carbocycles. The molecule has 2 aromatic rings. The first-order valence-corrected chi connectivity index (χ1v) is 9.48. The molecule has 0 aromatic heterocycles. The average molecular weight is 381 g/mol. The van der Waals surface area contributed by atoms with Gasteiger partial charge < -0.3 is 20.0 Å². The van der Waals surface area contributed by atoms with Crippen molar-refractivity contribution in [1.29, 1.82) is 0 Å². The van der Waals surface area contributed by atoms with Crippen LogP contribution in [0.3, 0.4) is 0 Å². The van der Waals surface area contributed by atoms with E-state index in [4.69, 9.17) is 0 Å². The summed E-state index contributed by atoms with van der Waals surface area (Å²) in [5.74, 6) is 0.583. The Labute approximate surface area is 169 Å². The third kappa shape index (κ3) is 5.24. The molecule has 2 aromatic carbocycles. The Morgan fingerprint density at radius 1 is 0.750 bits per heavy atom. The molecular formula is C24H32N2O2. The fourth-order valence-electron chi connectivity index (χ4n) is 3.41. The summed E-state index contributed by atoms with van der Waals surface area (Å²) in [6, 6.07) is 7.96. The lowest BCUT2D eigenvalue weighted by atomic mass is 9.92.